The topological polar surface area (TPSA) is 87.3 Å². The minimum absolute atomic E-state index is 0.111. The van der Waals surface area contributed by atoms with Gasteiger partial charge in [0.25, 0.3) is 0 Å². The molecular weight excluding hydrogens is 392 g/mol. The fourth-order valence-electron chi connectivity index (χ4n) is 4.78. The lowest BCUT2D eigenvalue weighted by molar-refractivity contribution is 0.0218. The second-order valence-electron chi connectivity index (χ2n) is 9.77. The fraction of sp³-hybridized carbons (Fsp3) is 0.652. The number of anilines is 1. The maximum absolute atomic E-state index is 12.5. The molecule has 0 spiro atoms. The Bertz CT molecular complexity index is 988. The Morgan fingerprint density at radius 1 is 1.26 bits per heavy atom. The summed E-state index contributed by atoms with van der Waals surface area (Å²) in [6, 6.07) is 4.95. The highest BCUT2D eigenvalue weighted by molar-refractivity contribution is 5.88. The Hall–Kier alpha value is -2.82. The van der Waals surface area contributed by atoms with Gasteiger partial charge in [-0.25, -0.2) is 14.8 Å². The van der Waals surface area contributed by atoms with Gasteiger partial charge in [0.15, 0.2) is 0 Å². The van der Waals surface area contributed by atoms with E-state index in [4.69, 9.17) is 4.74 Å². The summed E-state index contributed by atoms with van der Waals surface area (Å²) in [7, 11) is 0. The molecule has 4 rings (SSSR count). The standard InChI is InChI=1S/C23H32N6O2/c1-16-14-27(22(30)31-23(2,3)4)10-11-28(16)20-19-8-9-29(21(19)26-15-25-20)18-7-5-6-17(12-18)13-24/h8-9,15-18H,5-7,10-12,14H2,1-4H3. The molecule has 1 saturated heterocycles. The lowest BCUT2D eigenvalue weighted by atomic mass is 9.86. The summed E-state index contributed by atoms with van der Waals surface area (Å²) in [6.45, 7) is 9.65. The summed E-state index contributed by atoms with van der Waals surface area (Å²) >= 11 is 0. The van der Waals surface area contributed by atoms with E-state index in [2.05, 4.69) is 44.7 Å². The van der Waals surface area contributed by atoms with E-state index in [1.54, 1.807) is 11.2 Å². The van der Waals surface area contributed by atoms with Gasteiger partial charge < -0.3 is 19.1 Å². The van der Waals surface area contributed by atoms with Gasteiger partial charge in [-0.15, -0.1) is 0 Å². The van der Waals surface area contributed by atoms with Crippen LogP contribution in [0.3, 0.4) is 0 Å². The summed E-state index contributed by atoms with van der Waals surface area (Å²) in [5.41, 5.74) is 0.429. The summed E-state index contributed by atoms with van der Waals surface area (Å²) in [4.78, 5) is 25.7. The molecule has 1 amide bonds. The van der Waals surface area contributed by atoms with Gasteiger partial charge in [-0.1, -0.05) is 6.42 Å². The number of piperazine rings is 1. The van der Waals surface area contributed by atoms with Crippen LogP contribution in [0, 0.1) is 17.2 Å². The van der Waals surface area contributed by atoms with Gasteiger partial charge in [0.1, 0.15) is 23.4 Å². The highest BCUT2D eigenvalue weighted by atomic mass is 16.6. The third-order valence-electron chi connectivity index (χ3n) is 6.26. The van der Waals surface area contributed by atoms with E-state index in [1.165, 1.54) is 0 Å². The normalized spacial score (nSPS) is 24.8. The number of carbonyl (C=O) groups excluding carboxylic acids is 1. The molecule has 3 atom stereocenters. The van der Waals surface area contributed by atoms with Crippen molar-refractivity contribution in [2.24, 2.45) is 5.92 Å². The molecule has 1 aliphatic heterocycles. The molecular formula is C23H32N6O2. The first kappa shape index (κ1) is 21.4. The lowest BCUT2D eigenvalue weighted by Gasteiger charge is -2.41. The first-order valence-corrected chi connectivity index (χ1v) is 11.2. The number of nitriles is 1. The highest BCUT2D eigenvalue weighted by Crippen LogP contribution is 2.36. The minimum atomic E-state index is -0.497. The molecule has 3 unspecified atom stereocenters. The van der Waals surface area contributed by atoms with Crippen LogP contribution >= 0.6 is 0 Å². The summed E-state index contributed by atoms with van der Waals surface area (Å²) < 4.78 is 7.77. The van der Waals surface area contributed by atoms with E-state index in [0.29, 0.717) is 25.7 Å². The van der Waals surface area contributed by atoms with E-state index < -0.39 is 5.60 Å². The monoisotopic (exact) mass is 424 g/mol. The largest absolute Gasteiger partial charge is 0.444 e. The van der Waals surface area contributed by atoms with E-state index in [1.807, 2.05) is 20.8 Å². The van der Waals surface area contributed by atoms with Gasteiger partial charge in [-0.3, -0.25) is 0 Å². The number of nitrogens with zero attached hydrogens (tertiary/aromatic N) is 6. The van der Waals surface area contributed by atoms with Crippen LogP contribution in [0.5, 0.6) is 0 Å². The predicted molar refractivity (Wildman–Crippen MR) is 119 cm³/mol. The van der Waals surface area contributed by atoms with Gasteiger partial charge in [-0.05, 0) is 53.0 Å². The first-order valence-electron chi connectivity index (χ1n) is 11.2. The molecule has 1 saturated carbocycles. The SMILES string of the molecule is CC1CN(C(=O)OC(C)(C)C)CCN1c1ncnc2c1ccn2C1CCCC(C#N)C1. The van der Waals surface area contributed by atoms with Crippen molar-refractivity contribution in [1.82, 2.24) is 19.4 Å². The molecule has 31 heavy (non-hydrogen) atoms. The van der Waals surface area contributed by atoms with Crippen LogP contribution in [0.4, 0.5) is 10.6 Å². The number of ether oxygens (including phenoxy) is 1. The zero-order valence-electron chi connectivity index (χ0n) is 18.9. The maximum atomic E-state index is 12.5. The summed E-state index contributed by atoms with van der Waals surface area (Å²) in [6.07, 6.45) is 7.48. The molecule has 0 N–H and O–H groups in total. The van der Waals surface area contributed by atoms with Crippen LogP contribution in [0.2, 0.25) is 0 Å². The van der Waals surface area contributed by atoms with Crippen LogP contribution in [-0.2, 0) is 4.74 Å². The van der Waals surface area contributed by atoms with Crippen LogP contribution in [0.25, 0.3) is 11.0 Å². The Morgan fingerprint density at radius 2 is 2.06 bits per heavy atom. The fourth-order valence-corrected chi connectivity index (χ4v) is 4.78. The molecule has 3 heterocycles. The van der Waals surface area contributed by atoms with Crippen LogP contribution in [0.15, 0.2) is 18.6 Å². The number of rotatable bonds is 2. The van der Waals surface area contributed by atoms with Crippen molar-refractivity contribution in [1.29, 1.82) is 5.26 Å². The lowest BCUT2D eigenvalue weighted by Crippen LogP contribution is -2.54. The van der Waals surface area contributed by atoms with E-state index in [-0.39, 0.29) is 18.1 Å². The molecule has 8 heteroatoms. The molecule has 1 aliphatic carbocycles. The third kappa shape index (κ3) is 4.46. The first-order chi connectivity index (χ1) is 14.8. The Morgan fingerprint density at radius 3 is 2.77 bits per heavy atom. The van der Waals surface area contributed by atoms with Crippen molar-refractivity contribution < 1.29 is 9.53 Å². The van der Waals surface area contributed by atoms with Crippen molar-refractivity contribution >= 4 is 22.9 Å². The van der Waals surface area contributed by atoms with Gasteiger partial charge in [0, 0.05) is 43.8 Å². The molecule has 0 radical (unpaired) electrons. The molecule has 0 bridgehead atoms. The Labute approximate surface area is 183 Å². The van der Waals surface area contributed by atoms with Gasteiger partial charge in [0.2, 0.25) is 0 Å². The molecule has 2 aromatic heterocycles. The van der Waals surface area contributed by atoms with Crippen LogP contribution in [-0.4, -0.2) is 56.8 Å². The highest BCUT2D eigenvalue weighted by Gasteiger charge is 2.32. The van der Waals surface area contributed by atoms with E-state index in [0.717, 1.165) is 42.5 Å². The van der Waals surface area contributed by atoms with Crippen molar-refractivity contribution in [2.75, 3.05) is 24.5 Å². The van der Waals surface area contributed by atoms with E-state index in [9.17, 15) is 10.1 Å². The Kier molecular flexibility index (Phi) is 5.78. The third-order valence-corrected chi connectivity index (χ3v) is 6.26. The van der Waals surface area contributed by atoms with Crippen molar-refractivity contribution in [2.45, 2.75) is 71.1 Å². The summed E-state index contributed by atoms with van der Waals surface area (Å²) in [5, 5.41) is 10.4. The second-order valence-corrected chi connectivity index (χ2v) is 9.77. The number of hydrogen-bond acceptors (Lipinski definition) is 6. The number of carbonyl (C=O) groups is 1. The van der Waals surface area contributed by atoms with Gasteiger partial charge >= 0.3 is 6.09 Å². The van der Waals surface area contributed by atoms with Crippen molar-refractivity contribution in [3.8, 4) is 6.07 Å². The summed E-state index contributed by atoms with van der Waals surface area (Å²) in [5.74, 6) is 1.03. The van der Waals surface area contributed by atoms with E-state index >= 15 is 0 Å². The van der Waals surface area contributed by atoms with Crippen molar-refractivity contribution in [3.63, 3.8) is 0 Å². The zero-order chi connectivity index (χ0) is 22.2. The second kappa shape index (κ2) is 8.37. The minimum Gasteiger partial charge on any atom is -0.444 e. The van der Waals surface area contributed by atoms with Gasteiger partial charge in [-0.2, -0.15) is 5.26 Å². The molecule has 8 nitrogen and oxygen atoms in total. The molecule has 2 aliphatic rings. The molecule has 2 aromatic rings. The smallest absolute Gasteiger partial charge is 0.410 e. The van der Waals surface area contributed by atoms with Gasteiger partial charge in [0.05, 0.1) is 11.5 Å². The number of aromatic nitrogens is 3. The molecule has 166 valence electrons. The quantitative estimate of drug-likeness (QED) is 0.720. The Balaban J connectivity index is 1.54. The maximum Gasteiger partial charge on any atom is 0.410 e. The average Bonchev–Trinajstić information content (AvgIpc) is 3.17. The molecule has 0 aromatic carbocycles. The number of fused-ring (bicyclic) bond motifs is 1. The predicted octanol–water partition coefficient (Wildman–Crippen LogP) is 4.13. The van der Waals surface area contributed by atoms with Crippen molar-refractivity contribution in [3.05, 3.63) is 18.6 Å². The molecule has 2 fully saturated rings. The van der Waals surface area contributed by atoms with Crippen LogP contribution < -0.4 is 4.90 Å². The van der Waals surface area contributed by atoms with Crippen LogP contribution in [0.1, 0.15) is 59.4 Å². The number of hydrogen-bond donors (Lipinski definition) is 0. The average molecular weight is 425 g/mol. The number of amides is 1. The zero-order valence-corrected chi connectivity index (χ0v) is 18.9.